The normalized spacial score (nSPS) is 12.0. The lowest BCUT2D eigenvalue weighted by atomic mass is 9.95. The van der Waals surface area contributed by atoms with Crippen LogP contribution in [0.1, 0.15) is 44.2 Å². The molecule has 0 aliphatic heterocycles. The molecule has 0 saturated heterocycles. The number of hydrogen-bond acceptors (Lipinski definition) is 4. The van der Waals surface area contributed by atoms with Crippen molar-refractivity contribution < 1.29 is 63.0 Å². The Morgan fingerprint density at radius 3 is 2.08 bits per heavy atom. The Hall–Kier alpha value is -6.16. The number of aryl methyl sites for hydroxylation is 1. The van der Waals surface area contributed by atoms with Crippen molar-refractivity contribution in [2.24, 2.45) is 5.11 Å². The molecule has 1 atom stereocenters. The molecule has 0 aliphatic rings. The molecule has 0 radical (unpaired) electrons. The number of amides is 2. The van der Waals surface area contributed by atoms with Crippen LogP contribution in [0.5, 0.6) is 5.75 Å². The van der Waals surface area contributed by atoms with Crippen LogP contribution in [0.2, 0.25) is 0 Å². The van der Waals surface area contributed by atoms with E-state index in [1.807, 2.05) is 18.2 Å². The van der Waals surface area contributed by atoms with Crippen molar-refractivity contribution >= 4 is 23.7 Å². The van der Waals surface area contributed by atoms with Gasteiger partial charge in [0.05, 0.1) is 11.6 Å². The van der Waals surface area contributed by atoms with Crippen LogP contribution in [0.15, 0.2) is 96.1 Å². The van der Waals surface area contributed by atoms with E-state index in [9.17, 15) is 58.3 Å². The predicted molar refractivity (Wildman–Crippen MR) is 164 cm³/mol. The average Bonchev–Trinajstić information content (AvgIpc) is 3.06. The summed E-state index contributed by atoms with van der Waals surface area (Å²) in [6.07, 6.45) is -13.5. The molecule has 0 saturated carbocycles. The minimum atomic E-state index is -5.24. The fourth-order valence-electron chi connectivity index (χ4n) is 4.20. The Kier molecular flexibility index (Phi) is 13.3. The Balaban J connectivity index is 0.000000927. The smallest absolute Gasteiger partial charge is 0.428 e. The number of nitrogens with one attached hydrogen (secondary N) is 1. The summed E-state index contributed by atoms with van der Waals surface area (Å²) in [5.74, 6) is -9.71. The fraction of sp³-hybridized carbons (Fsp3) is 0.147. The first-order chi connectivity index (χ1) is 24.3. The molecule has 0 spiro atoms. The molecule has 0 heterocycles. The minimum absolute atomic E-state index is 0.135. The van der Waals surface area contributed by atoms with Gasteiger partial charge >= 0.3 is 18.7 Å². The van der Waals surface area contributed by atoms with E-state index >= 15 is 0 Å². The lowest BCUT2D eigenvalue weighted by Gasteiger charge is -2.23. The van der Waals surface area contributed by atoms with Crippen molar-refractivity contribution in [3.63, 3.8) is 0 Å². The third-order valence-electron chi connectivity index (χ3n) is 6.60. The van der Waals surface area contributed by atoms with Crippen molar-refractivity contribution in [1.29, 1.82) is 0 Å². The lowest BCUT2D eigenvalue weighted by Crippen LogP contribution is -2.33. The summed E-state index contributed by atoms with van der Waals surface area (Å²) in [6, 6.07) is 13.5. The number of halogens is 10. The van der Waals surface area contributed by atoms with Crippen LogP contribution in [0.3, 0.4) is 0 Å². The van der Waals surface area contributed by atoms with Gasteiger partial charge in [-0.25, -0.2) is 13.2 Å². The summed E-state index contributed by atoms with van der Waals surface area (Å²) >= 11 is 0. The zero-order valence-corrected chi connectivity index (χ0v) is 26.1. The van der Waals surface area contributed by atoms with Crippen LogP contribution >= 0.6 is 0 Å². The first-order valence-corrected chi connectivity index (χ1v) is 14.3. The van der Waals surface area contributed by atoms with Gasteiger partial charge in [0, 0.05) is 22.1 Å². The summed E-state index contributed by atoms with van der Waals surface area (Å²) in [6.45, 7) is 2.08. The molecule has 4 aromatic rings. The molecule has 8 nitrogen and oxygen atoms in total. The molecule has 0 fully saturated rings. The maximum Gasteiger partial charge on any atom is 0.461 e. The van der Waals surface area contributed by atoms with Crippen LogP contribution in [-0.4, -0.2) is 30.1 Å². The fourth-order valence-corrected chi connectivity index (χ4v) is 4.20. The molecule has 52 heavy (non-hydrogen) atoms. The second kappa shape index (κ2) is 17.2. The summed E-state index contributed by atoms with van der Waals surface area (Å²) in [5, 5.41) is 4.68. The van der Waals surface area contributed by atoms with Crippen LogP contribution in [-0.2, 0) is 15.8 Å². The van der Waals surface area contributed by atoms with Gasteiger partial charge in [0.1, 0.15) is 23.2 Å². The highest BCUT2D eigenvalue weighted by Gasteiger charge is 2.44. The molecule has 1 N–H and O–H groups in total. The Morgan fingerprint density at radius 2 is 1.50 bits per heavy atom. The highest BCUT2D eigenvalue weighted by molar-refractivity contribution is 6.41. The summed E-state index contributed by atoms with van der Waals surface area (Å²) in [5.41, 5.74) is 5.62. The van der Waals surface area contributed by atoms with E-state index in [2.05, 4.69) is 39.1 Å². The topological polar surface area (TPSA) is 121 Å². The SMILES string of the molecule is Cc1ccccc1.[N-]=[N+]=NC(=O)C(=O)/C=C/c1cc(C(NC(=O)c2ccc(F)c(C(F)(F)F)c2)c2cc(F)cc(OC(F)(F)C(F)F)c2)ccc1F. The van der Waals surface area contributed by atoms with Gasteiger partial charge in [-0.05, 0) is 83.3 Å². The second-order valence-electron chi connectivity index (χ2n) is 10.4. The number of hydrogen-bond donors (Lipinski definition) is 1. The Morgan fingerprint density at radius 1 is 0.846 bits per heavy atom. The van der Waals surface area contributed by atoms with Gasteiger partial charge in [-0.3, -0.25) is 14.4 Å². The van der Waals surface area contributed by atoms with Crippen molar-refractivity contribution in [2.45, 2.75) is 31.7 Å². The maximum absolute atomic E-state index is 14.6. The number of ether oxygens (including phenoxy) is 1. The standard InChI is InChI=1S/C27H14F10N4O4.C7H8/c28-16-8-15(9-17(11-16)45-27(36,37)25(31)32)22(39-23(43)14-2-5-20(30)18(10-14)26(33,34)35)13-1-4-19(29)12(7-13)3-6-21(42)24(44)40-41-38;1-7-5-3-2-4-6-7/h1-11,22,25H,(H,39,43);2-6H,1H3/b6-3+;. The molecule has 2 amide bonds. The van der Waals surface area contributed by atoms with E-state index in [0.29, 0.717) is 36.4 Å². The molecule has 272 valence electrons. The summed E-state index contributed by atoms with van der Waals surface area (Å²) in [4.78, 5) is 38.3. The molecule has 4 rings (SSSR count). The number of carbonyl (C=O) groups is 3. The van der Waals surface area contributed by atoms with Crippen LogP contribution in [0, 0.1) is 24.4 Å². The van der Waals surface area contributed by atoms with Gasteiger partial charge in [-0.2, -0.15) is 30.7 Å². The maximum atomic E-state index is 14.6. The highest BCUT2D eigenvalue weighted by Crippen LogP contribution is 2.34. The number of ketones is 1. The molecule has 1 unspecified atom stereocenters. The molecular formula is C34H22F10N4O4. The monoisotopic (exact) mass is 740 g/mol. The molecule has 18 heteroatoms. The lowest BCUT2D eigenvalue weighted by molar-refractivity contribution is -0.253. The van der Waals surface area contributed by atoms with Gasteiger partial charge in [0.25, 0.3) is 11.8 Å². The van der Waals surface area contributed by atoms with Crippen molar-refractivity contribution in [1.82, 2.24) is 5.32 Å². The summed E-state index contributed by atoms with van der Waals surface area (Å²) in [7, 11) is 0. The molecule has 0 aliphatic carbocycles. The van der Waals surface area contributed by atoms with E-state index in [-0.39, 0.29) is 17.7 Å². The number of alkyl halides is 7. The minimum Gasteiger partial charge on any atom is -0.428 e. The third kappa shape index (κ3) is 11.2. The van der Waals surface area contributed by atoms with Gasteiger partial charge in [-0.15, -0.1) is 0 Å². The van der Waals surface area contributed by atoms with E-state index in [4.69, 9.17) is 5.53 Å². The van der Waals surface area contributed by atoms with Gasteiger partial charge < -0.3 is 10.1 Å². The van der Waals surface area contributed by atoms with Crippen molar-refractivity contribution in [3.8, 4) is 5.75 Å². The van der Waals surface area contributed by atoms with E-state index in [1.54, 1.807) is 0 Å². The van der Waals surface area contributed by atoms with Gasteiger partial charge in [-0.1, -0.05) is 42.0 Å². The number of azide groups is 1. The first kappa shape index (κ1) is 40.3. The number of rotatable bonds is 10. The van der Waals surface area contributed by atoms with Gasteiger partial charge in [0.15, 0.2) is 0 Å². The quantitative estimate of drug-likeness (QED) is 0.0435. The summed E-state index contributed by atoms with van der Waals surface area (Å²) < 4.78 is 139. The van der Waals surface area contributed by atoms with Crippen molar-refractivity contribution in [3.05, 3.63) is 152 Å². The van der Waals surface area contributed by atoms with Gasteiger partial charge in [0.2, 0.25) is 5.78 Å². The third-order valence-corrected chi connectivity index (χ3v) is 6.60. The molecule has 0 aromatic heterocycles. The predicted octanol–water partition coefficient (Wildman–Crippen LogP) is 9.29. The molecule has 0 bridgehead atoms. The van der Waals surface area contributed by atoms with E-state index in [1.165, 1.54) is 5.56 Å². The Bertz CT molecular complexity index is 2020. The van der Waals surface area contributed by atoms with Crippen LogP contribution < -0.4 is 10.1 Å². The molecule has 4 aromatic carbocycles. The number of benzene rings is 4. The van der Waals surface area contributed by atoms with E-state index in [0.717, 1.165) is 18.2 Å². The second-order valence-corrected chi connectivity index (χ2v) is 10.4. The number of nitrogens with zero attached hydrogens (tertiary/aromatic N) is 3. The zero-order chi connectivity index (χ0) is 38.8. The first-order valence-electron chi connectivity index (χ1n) is 14.3. The number of carbonyl (C=O) groups excluding carboxylic acids is 3. The highest BCUT2D eigenvalue weighted by atomic mass is 19.4. The average molecular weight is 741 g/mol. The van der Waals surface area contributed by atoms with Crippen LogP contribution in [0.25, 0.3) is 16.5 Å². The zero-order valence-electron chi connectivity index (χ0n) is 26.1. The van der Waals surface area contributed by atoms with E-state index < -0.39 is 87.8 Å². The Labute approximate surface area is 287 Å². The van der Waals surface area contributed by atoms with Crippen LogP contribution in [0.4, 0.5) is 43.9 Å². The van der Waals surface area contributed by atoms with Crippen molar-refractivity contribution in [2.75, 3.05) is 0 Å². The molecular weight excluding hydrogens is 718 g/mol. The largest absolute Gasteiger partial charge is 0.461 e.